The summed E-state index contributed by atoms with van der Waals surface area (Å²) in [6.07, 6.45) is 6.81. The number of fused-ring (bicyclic) bond motifs is 3. The number of carbonyl (C=O) groups excluding carboxylic acids is 1. The number of nitrogens with zero attached hydrogens (tertiary/aromatic N) is 6. The number of aryl methyl sites for hydroxylation is 1. The first-order valence-electron chi connectivity index (χ1n) is 17.0. The first-order valence-corrected chi connectivity index (χ1v) is 17.4. The van der Waals surface area contributed by atoms with Gasteiger partial charge in [-0.1, -0.05) is 35.9 Å². The molecular formula is C37H39ClN8O3. The van der Waals surface area contributed by atoms with E-state index in [1.165, 1.54) is 0 Å². The Bertz CT molecular complexity index is 2030. The lowest BCUT2D eigenvalue weighted by Crippen LogP contribution is -2.30. The highest BCUT2D eigenvalue weighted by Crippen LogP contribution is 2.42. The first-order chi connectivity index (χ1) is 24.0. The molecule has 3 aliphatic heterocycles. The lowest BCUT2D eigenvalue weighted by molar-refractivity contribution is 0.0983. The van der Waals surface area contributed by atoms with Gasteiger partial charge in [-0.3, -0.25) is 19.4 Å². The number of rotatable bonds is 9. The molecule has 3 aromatic heterocycles. The number of nitrogens with one attached hydrogen (secondary N) is 2. The monoisotopic (exact) mass is 678 g/mol. The van der Waals surface area contributed by atoms with Gasteiger partial charge in [0.05, 0.1) is 29.1 Å². The topological polar surface area (TPSA) is 132 Å². The number of aromatic nitrogens is 4. The zero-order valence-electron chi connectivity index (χ0n) is 27.1. The van der Waals surface area contributed by atoms with Crippen LogP contribution in [0.1, 0.15) is 52.6 Å². The van der Waals surface area contributed by atoms with E-state index in [-0.39, 0.29) is 24.7 Å². The van der Waals surface area contributed by atoms with Crippen LogP contribution in [0.5, 0.6) is 0 Å². The van der Waals surface area contributed by atoms with Crippen molar-refractivity contribution in [2.24, 2.45) is 0 Å². The summed E-state index contributed by atoms with van der Waals surface area (Å²) in [6.45, 7) is 4.22. The Morgan fingerprint density at radius 2 is 1.90 bits per heavy atom. The van der Waals surface area contributed by atoms with Crippen molar-refractivity contribution in [1.82, 2.24) is 30.0 Å². The maximum atomic E-state index is 13.9. The van der Waals surface area contributed by atoms with Crippen LogP contribution in [0.3, 0.4) is 0 Å². The molecule has 252 valence electrons. The molecule has 12 heteroatoms. The minimum Gasteiger partial charge on any atom is -0.395 e. The number of β-amino-alcohol motifs (C(OH)–C–C–N with tert-alkyl or cyclic N) is 1. The van der Waals surface area contributed by atoms with Crippen LogP contribution in [0, 0.1) is 0 Å². The maximum absolute atomic E-state index is 13.9. The number of carbonyl (C=O) groups is 1. The number of halogens is 1. The number of aliphatic hydroxyl groups is 2. The van der Waals surface area contributed by atoms with Crippen molar-refractivity contribution >= 4 is 45.6 Å². The number of anilines is 3. The van der Waals surface area contributed by atoms with Crippen LogP contribution < -0.4 is 15.5 Å². The summed E-state index contributed by atoms with van der Waals surface area (Å²) in [4.78, 5) is 27.3. The average molecular weight is 679 g/mol. The van der Waals surface area contributed by atoms with Gasteiger partial charge in [0.1, 0.15) is 5.52 Å². The van der Waals surface area contributed by atoms with Crippen molar-refractivity contribution in [3.05, 3.63) is 94.5 Å². The lowest BCUT2D eigenvalue weighted by atomic mass is 9.97. The predicted octanol–water partition coefficient (Wildman–Crippen LogP) is 5.08. The van der Waals surface area contributed by atoms with Crippen molar-refractivity contribution in [1.29, 1.82) is 0 Å². The average Bonchev–Trinajstić information content (AvgIpc) is 3.86. The van der Waals surface area contributed by atoms with Gasteiger partial charge >= 0.3 is 0 Å². The molecule has 1 saturated heterocycles. The molecule has 1 fully saturated rings. The van der Waals surface area contributed by atoms with E-state index < -0.39 is 0 Å². The van der Waals surface area contributed by atoms with E-state index >= 15 is 0 Å². The van der Waals surface area contributed by atoms with Crippen LogP contribution in [0.4, 0.5) is 17.2 Å². The van der Waals surface area contributed by atoms with Gasteiger partial charge in [-0.15, -0.1) is 0 Å². The summed E-state index contributed by atoms with van der Waals surface area (Å²) in [5.74, 6) is 0.502. The third-order valence-corrected chi connectivity index (χ3v) is 10.3. The molecule has 11 nitrogen and oxygen atoms in total. The molecule has 0 spiro atoms. The minimum atomic E-state index is -0.255. The highest BCUT2D eigenvalue weighted by atomic mass is 35.5. The minimum absolute atomic E-state index is 0.0664. The third-order valence-electron chi connectivity index (χ3n) is 9.88. The normalized spacial score (nSPS) is 19.0. The number of pyridine rings is 2. The largest absolute Gasteiger partial charge is 0.395 e. The van der Waals surface area contributed by atoms with Crippen molar-refractivity contribution in [2.45, 2.75) is 50.9 Å². The number of likely N-dealkylation sites (tertiary alicyclic amines) is 1. The summed E-state index contributed by atoms with van der Waals surface area (Å²) < 4.78 is 1.93. The third kappa shape index (κ3) is 6.17. The number of amides is 1. The Morgan fingerprint density at radius 1 is 1.02 bits per heavy atom. The van der Waals surface area contributed by atoms with Crippen molar-refractivity contribution < 1.29 is 15.0 Å². The highest BCUT2D eigenvalue weighted by molar-refractivity contribution is 6.36. The fourth-order valence-electron chi connectivity index (χ4n) is 7.53. The molecule has 4 N–H and O–H groups in total. The molecule has 0 saturated carbocycles. The molecule has 0 bridgehead atoms. The van der Waals surface area contributed by atoms with Gasteiger partial charge in [0.15, 0.2) is 11.5 Å². The number of aliphatic hydroxyl groups excluding tert-OH is 2. The van der Waals surface area contributed by atoms with Gasteiger partial charge in [-0.05, 0) is 72.7 Å². The van der Waals surface area contributed by atoms with Crippen molar-refractivity contribution in [3.63, 3.8) is 0 Å². The fraction of sp³-hybridized carbons (Fsp3) is 0.351. The quantitative estimate of drug-likeness (QED) is 0.169. The van der Waals surface area contributed by atoms with Gasteiger partial charge in [-0.2, -0.15) is 5.10 Å². The Balaban J connectivity index is 1.04. The SMILES string of the molecule is O=C(c1cc2n(n1)CCCC2NCCO)N1CCc2c(-c3cccc(Nc4nccc5cc(CN6CC[C@@H](O)C6)cnc45)c3Cl)cccc21. The molecule has 6 heterocycles. The van der Waals surface area contributed by atoms with E-state index in [4.69, 9.17) is 21.7 Å². The molecule has 0 aliphatic carbocycles. The van der Waals surface area contributed by atoms with Gasteiger partial charge in [0.2, 0.25) is 0 Å². The predicted molar refractivity (Wildman–Crippen MR) is 190 cm³/mol. The molecule has 2 atom stereocenters. The van der Waals surface area contributed by atoms with E-state index in [1.807, 2.05) is 58.2 Å². The second-order valence-electron chi connectivity index (χ2n) is 13.1. The number of benzene rings is 2. The Morgan fingerprint density at radius 3 is 2.76 bits per heavy atom. The Kier molecular flexibility index (Phi) is 8.77. The second-order valence-corrected chi connectivity index (χ2v) is 13.5. The molecule has 3 aliphatic rings. The van der Waals surface area contributed by atoms with E-state index in [0.717, 1.165) is 83.4 Å². The van der Waals surface area contributed by atoms with Crippen molar-refractivity contribution in [3.8, 4) is 11.1 Å². The molecule has 49 heavy (non-hydrogen) atoms. The molecule has 0 radical (unpaired) electrons. The molecule has 1 unspecified atom stereocenters. The van der Waals surface area contributed by atoms with Gasteiger partial charge in [-0.25, -0.2) is 4.98 Å². The Hall–Kier alpha value is -4.39. The summed E-state index contributed by atoms with van der Waals surface area (Å²) in [5.41, 5.74) is 7.79. The molecule has 1 amide bonds. The van der Waals surface area contributed by atoms with Crippen LogP contribution >= 0.6 is 11.6 Å². The number of hydrogen-bond acceptors (Lipinski definition) is 9. The second kappa shape index (κ2) is 13.5. The van der Waals surface area contributed by atoms with Gasteiger partial charge in [0, 0.05) is 74.3 Å². The van der Waals surface area contributed by atoms with E-state index in [2.05, 4.69) is 32.7 Å². The van der Waals surface area contributed by atoms with Crippen LogP contribution in [0.2, 0.25) is 5.02 Å². The molecule has 8 rings (SSSR count). The number of hydrogen-bond donors (Lipinski definition) is 4. The zero-order valence-corrected chi connectivity index (χ0v) is 27.9. The van der Waals surface area contributed by atoms with Crippen LogP contribution in [-0.2, 0) is 19.5 Å². The lowest BCUT2D eigenvalue weighted by Gasteiger charge is -2.24. The maximum Gasteiger partial charge on any atom is 0.278 e. The highest BCUT2D eigenvalue weighted by Gasteiger charge is 2.32. The standard InChI is InChI=1S/C37H39ClN8O3/c38-34-28(5-1-6-30(34)42-36-35-24(9-12-40-36)18-23(20-41-35)21-44-15-10-25(48)22-44)26-4-2-8-32-27(26)11-16-45(32)37(49)31-19-33-29(39-13-17-47)7-3-14-46(33)43-31/h1-2,4-6,8-9,12,18-20,25,29,39,47-48H,3,7,10-11,13-17,21-22H2,(H,40,42)/t25-,29?/m1/s1. The van der Waals surface area contributed by atoms with E-state index in [0.29, 0.717) is 48.3 Å². The zero-order chi connectivity index (χ0) is 33.5. The van der Waals surface area contributed by atoms with Crippen LogP contribution in [0.15, 0.2) is 67.0 Å². The first kappa shape index (κ1) is 31.9. The van der Waals surface area contributed by atoms with Gasteiger partial charge < -0.3 is 25.7 Å². The fourth-order valence-corrected chi connectivity index (χ4v) is 7.81. The van der Waals surface area contributed by atoms with Crippen LogP contribution in [-0.4, -0.2) is 79.7 Å². The summed E-state index contributed by atoms with van der Waals surface area (Å²) in [7, 11) is 0. The van der Waals surface area contributed by atoms with Crippen LogP contribution in [0.25, 0.3) is 22.0 Å². The van der Waals surface area contributed by atoms with Crippen molar-refractivity contribution in [2.75, 3.05) is 43.0 Å². The molecular weight excluding hydrogens is 640 g/mol. The molecule has 2 aromatic carbocycles. The van der Waals surface area contributed by atoms with Gasteiger partial charge in [0.25, 0.3) is 5.91 Å². The molecule has 5 aromatic rings. The summed E-state index contributed by atoms with van der Waals surface area (Å²) >= 11 is 7.13. The van der Waals surface area contributed by atoms with E-state index in [9.17, 15) is 15.0 Å². The Labute approximate surface area is 289 Å². The summed E-state index contributed by atoms with van der Waals surface area (Å²) in [5, 5.41) is 32.2. The summed E-state index contributed by atoms with van der Waals surface area (Å²) in [6, 6.07) is 18.0. The smallest absolute Gasteiger partial charge is 0.278 e. The van der Waals surface area contributed by atoms with E-state index in [1.54, 1.807) is 6.20 Å².